The van der Waals surface area contributed by atoms with Crippen LogP contribution < -0.4 is 5.30 Å². The molecule has 0 saturated carbocycles. The Kier molecular flexibility index (Phi) is 4.12. The van der Waals surface area contributed by atoms with Crippen LogP contribution in [-0.4, -0.2) is 9.85 Å². The Labute approximate surface area is 115 Å². The molecule has 2 rings (SSSR count). The summed E-state index contributed by atoms with van der Waals surface area (Å²) in [5, 5.41) is 21.8. The number of nitrogens with zero attached hydrogens (tertiary/aromatic N) is 3. The summed E-state index contributed by atoms with van der Waals surface area (Å²) < 4.78 is 4.23. The maximum Gasteiger partial charge on any atom is 0.269 e. The van der Waals surface area contributed by atoms with Gasteiger partial charge in [0.15, 0.2) is 0 Å². The molecule has 0 amide bonds. The van der Waals surface area contributed by atoms with Crippen molar-refractivity contribution in [1.29, 1.82) is 0 Å². The number of nitro benzene ring substituents is 2. The number of rotatable bonds is 4. The third-order valence-electron chi connectivity index (χ3n) is 2.40. The van der Waals surface area contributed by atoms with Crippen molar-refractivity contribution in [3.63, 3.8) is 0 Å². The predicted octanol–water partition coefficient (Wildman–Crippen LogP) is 3.59. The van der Waals surface area contributed by atoms with E-state index in [1.165, 1.54) is 24.3 Å². The van der Waals surface area contributed by atoms with E-state index >= 15 is 0 Å². The molecule has 0 N–H and O–H groups in total. The van der Waals surface area contributed by atoms with Crippen LogP contribution in [0.15, 0.2) is 53.3 Å². The first-order valence-electron chi connectivity index (χ1n) is 5.47. The van der Waals surface area contributed by atoms with Crippen LogP contribution in [0.3, 0.4) is 0 Å². The average Bonchev–Trinajstić information content (AvgIpc) is 2.46. The molecule has 0 unspecified atom stereocenters. The zero-order valence-corrected chi connectivity index (χ0v) is 10.9. The summed E-state index contributed by atoms with van der Waals surface area (Å²) in [5.74, 6) is 0. The molecule has 2 aromatic rings. The average molecular weight is 289 g/mol. The highest BCUT2D eigenvalue weighted by Crippen LogP contribution is 2.21. The first-order chi connectivity index (χ1) is 9.56. The lowest BCUT2D eigenvalue weighted by molar-refractivity contribution is -0.385. The van der Waals surface area contributed by atoms with Crippen LogP contribution in [0.4, 0.5) is 17.1 Å². The zero-order chi connectivity index (χ0) is 14.5. The molecule has 2 aromatic carbocycles. The Morgan fingerprint density at radius 3 is 1.70 bits per heavy atom. The highest BCUT2D eigenvalue weighted by Gasteiger charge is 2.04. The van der Waals surface area contributed by atoms with Gasteiger partial charge in [-0.2, -0.15) is 0 Å². The van der Waals surface area contributed by atoms with E-state index in [0.717, 1.165) is 5.30 Å². The Hall–Kier alpha value is -2.66. The van der Waals surface area contributed by atoms with Crippen LogP contribution in [0.2, 0.25) is 0 Å². The maximum atomic E-state index is 10.5. The third kappa shape index (κ3) is 3.43. The second-order valence-corrected chi connectivity index (χ2v) is 4.66. The molecule has 7 nitrogen and oxygen atoms in total. The minimum absolute atomic E-state index is 0.0101. The molecule has 0 aliphatic carbocycles. The second-order valence-electron chi connectivity index (χ2n) is 3.75. The lowest BCUT2D eigenvalue weighted by Crippen LogP contribution is -1.92. The predicted molar refractivity (Wildman–Crippen MR) is 74.8 cm³/mol. The quantitative estimate of drug-likeness (QED) is 0.487. The Morgan fingerprint density at radius 1 is 0.800 bits per heavy atom. The molecule has 0 heterocycles. The smallest absolute Gasteiger partial charge is 0.258 e. The van der Waals surface area contributed by atoms with Crippen molar-refractivity contribution in [2.75, 3.05) is 0 Å². The van der Waals surface area contributed by atoms with Gasteiger partial charge in [-0.25, -0.2) is 4.74 Å². The summed E-state index contributed by atoms with van der Waals surface area (Å²) in [5.41, 5.74) is 0.644. The molecule has 0 bridgehead atoms. The molecule has 0 aliphatic heterocycles. The van der Waals surface area contributed by atoms with E-state index in [0.29, 0.717) is 14.1 Å². The Bertz CT molecular complexity index is 609. The van der Waals surface area contributed by atoms with E-state index < -0.39 is 9.85 Å². The van der Waals surface area contributed by atoms with Gasteiger partial charge in [-0.3, -0.25) is 20.2 Å². The second kappa shape index (κ2) is 5.99. The molecule has 20 heavy (non-hydrogen) atoms. The molecular formula is C12H8N3O4P. The van der Waals surface area contributed by atoms with Crippen LogP contribution in [0.1, 0.15) is 0 Å². The fourth-order valence-electron chi connectivity index (χ4n) is 1.40. The fraction of sp³-hybridized carbons (Fsp3) is 0. The molecule has 0 aromatic heterocycles. The summed E-state index contributed by atoms with van der Waals surface area (Å²) in [6, 6.07) is 11.9. The van der Waals surface area contributed by atoms with Crippen molar-refractivity contribution in [1.82, 2.24) is 0 Å². The van der Waals surface area contributed by atoms with Crippen molar-refractivity contribution in [2.24, 2.45) is 4.74 Å². The molecule has 100 valence electrons. The number of hydrogen-bond donors (Lipinski definition) is 0. The van der Waals surface area contributed by atoms with Crippen LogP contribution in [-0.2, 0) is 0 Å². The molecule has 0 saturated heterocycles. The molecule has 0 spiro atoms. The molecule has 8 heteroatoms. The van der Waals surface area contributed by atoms with Crippen LogP contribution >= 0.6 is 8.37 Å². The number of hydrogen-bond acceptors (Lipinski definition) is 5. The van der Waals surface area contributed by atoms with E-state index in [2.05, 4.69) is 4.74 Å². The van der Waals surface area contributed by atoms with Crippen molar-refractivity contribution in [2.45, 2.75) is 0 Å². The summed E-state index contributed by atoms with van der Waals surface area (Å²) in [4.78, 5) is 20.1. The van der Waals surface area contributed by atoms with Gasteiger partial charge in [0.2, 0.25) is 0 Å². The molecule has 0 radical (unpaired) electrons. The van der Waals surface area contributed by atoms with Gasteiger partial charge in [0.05, 0.1) is 15.5 Å². The van der Waals surface area contributed by atoms with Gasteiger partial charge in [-0.1, -0.05) is 0 Å². The SMILES string of the molecule is O=[N+]([O-])c1ccc(N=Pc2ccc([N+](=O)[O-])cc2)cc1. The first kappa shape index (κ1) is 13.8. The van der Waals surface area contributed by atoms with Crippen LogP contribution in [0.25, 0.3) is 0 Å². The highest BCUT2D eigenvalue weighted by atomic mass is 31.1. The third-order valence-corrected chi connectivity index (χ3v) is 3.26. The summed E-state index contributed by atoms with van der Waals surface area (Å²) >= 11 is 0. The minimum atomic E-state index is -0.474. The lowest BCUT2D eigenvalue weighted by atomic mass is 10.3. The van der Waals surface area contributed by atoms with Gasteiger partial charge in [0.25, 0.3) is 11.4 Å². The standard InChI is InChI=1S/C12H8N3O4P/c16-14(17)10-3-1-9(2-4-10)13-20-12-7-5-11(6-8-12)15(18)19/h1-8H. The van der Waals surface area contributed by atoms with Crippen molar-refractivity contribution in [3.05, 3.63) is 68.8 Å². The minimum Gasteiger partial charge on any atom is -0.258 e. The number of nitro groups is 2. The molecule has 0 aliphatic rings. The molecule has 0 atom stereocenters. The van der Waals surface area contributed by atoms with Crippen molar-refractivity contribution >= 4 is 30.7 Å². The van der Waals surface area contributed by atoms with E-state index in [-0.39, 0.29) is 11.4 Å². The van der Waals surface area contributed by atoms with Crippen LogP contribution in [0, 0.1) is 20.2 Å². The number of benzene rings is 2. The van der Waals surface area contributed by atoms with E-state index in [4.69, 9.17) is 0 Å². The monoisotopic (exact) mass is 289 g/mol. The van der Waals surface area contributed by atoms with E-state index in [1.807, 2.05) is 0 Å². The first-order valence-corrected chi connectivity index (χ1v) is 6.31. The largest absolute Gasteiger partial charge is 0.269 e. The van der Waals surface area contributed by atoms with E-state index in [1.54, 1.807) is 24.3 Å². The fourth-order valence-corrected chi connectivity index (χ4v) is 2.04. The van der Waals surface area contributed by atoms with Crippen LogP contribution in [0.5, 0.6) is 0 Å². The van der Waals surface area contributed by atoms with Crippen molar-refractivity contribution < 1.29 is 9.85 Å². The lowest BCUT2D eigenvalue weighted by Gasteiger charge is -1.94. The Morgan fingerprint density at radius 2 is 1.25 bits per heavy atom. The molecule has 0 fully saturated rings. The summed E-state index contributed by atoms with van der Waals surface area (Å²) in [7, 11) is 0.618. The van der Waals surface area contributed by atoms with Gasteiger partial charge >= 0.3 is 0 Å². The van der Waals surface area contributed by atoms with Gasteiger partial charge in [0, 0.05) is 37.9 Å². The topological polar surface area (TPSA) is 98.6 Å². The maximum absolute atomic E-state index is 10.5. The van der Waals surface area contributed by atoms with Gasteiger partial charge in [-0.15, -0.1) is 0 Å². The number of non-ortho nitro benzene ring substituents is 2. The normalized spacial score (nSPS) is 10.6. The Balaban J connectivity index is 2.12. The van der Waals surface area contributed by atoms with Gasteiger partial charge in [-0.05, 0) is 24.3 Å². The summed E-state index contributed by atoms with van der Waals surface area (Å²) in [6.07, 6.45) is 0. The molecular weight excluding hydrogens is 281 g/mol. The van der Waals surface area contributed by atoms with Crippen molar-refractivity contribution in [3.8, 4) is 0 Å². The zero-order valence-electron chi connectivity index (χ0n) is 10.0. The summed E-state index contributed by atoms with van der Waals surface area (Å²) in [6.45, 7) is 0. The van der Waals surface area contributed by atoms with Gasteiger partial charge < -0.3 is 0 Å². The van der Waals surface area contributed by atoms with E-state index in [9.17, 15) is 20.2 Å². The highest BCUT2D eigenvalue weighted by molar-refractivity contribution is 7.37. The van der Waals surface area contributed by atoms with Gasteiger partial charge in [0.1, 0.15) is 0 Å².